The van der Waals surface area contributed by atoms with Gasteiger partial charge < -0.3 is 20.3 Å². The van der Waals surface area contributed by atoms with E-state index in [-0.39, 0.29) is 13.0 Å². The number of hydrogen-bond donors (Lipinski definition) is 5. The van der Waals surface area contributed by atoms with E-state index in [0.29, 0.717) is 0 Å². The predicted octanol–water partition coefficient (Wildman–Crippen LogP) is -2.44. The predicted molar refractivity (Wildman–Crippen MR) is 57.0 cm³/mol. The molecule has 2 rings (SSSR count). The van der Waals surface area contributed by atoms with E-state index < -0.39 is 30.3 Å². The first kappa shape index (κ1) is 12.3. The van der Waals surface area contributed by atoms with Gasteiger partial charge in [0.05, 0.1) is 12.7 Å². The molecule has 0 unspecified atom stereocenters. The molecule has 1 fully saturated rings. The number of amides is 2. The van der Waals surface area contributed by atoms with E-state index >= 15 is 0 Å². The number of carbonyl (C=O) groups excluding carboxylic acids is 1. The minimum atomic E-state index is -1.37. The third kappa shape index (κ3) is 2.40. The molecule has 0 bridgehead atoms. The highest BCUT2D eigenvalue weighted by Gasteiger charge is 2.40. The summed E-state index contributed by atoms with van der Waals surface area (Å²) in [4.78, 5) is 12.9. The van der Waals surface area contributed by atoms with Crippen molar-refractivity contribution in [3.8, 4) is 0 Å². The molecule has 0 aromatic rings. The van der Waals surface area contributed by atoms with Crippen LogP contribution in [0.5, 0.6) is 0 Å². The molecule has 1 saturated heterocycles. The zero-order valence-corrected chi connectivity index (χ0v) is 9.11. The highest BCUT2D eigenvalue weighted by atomic mass is 16.5. The Bertz CT molecular complexity index is 346. The van der Waals surface area contributed by atoms with Gasteiger partial charge in [0.15, 0.2) is 5.79 Å². The summed E-state index contributed by atoms with van der Waals surface area (Å²) < 4.78 is 5.33. The Labute approximate surface area is 97.8 Å². The number of carbonyl (C=O) groups is 1. The van der Waals surface area contributed by atoms with Crippen molar-refractivity contribution in [2.24, 2.45) is 11.5 Å². The summed E-state index contributed by atoms with van der Waals surface area (Å²) in [6.07, 6.45) is 0.948. The van der Waals surface area contributed by atoms with Gasteiger partial charge in [0.1, 0.15) is 12.3 Å². The van der Waals surface area contributed by atoms with Crippen LogP contribution in [0.4, 0.5) is 4.79 Å². The standard InChI is InChI=1S/C9H16N4O4/c10-9(11)1-2-13(8(16)12-9)7-3-5(15)6(4-14)17-7/h1-2,5-7,14-15H,3-4,10-11H2,(H,12,16)/t5-,6+,7+/m0/s1. The molecule has 0 aromatic carbocycles. The van der Waals surface area contributed by atoms with Gasteiger partial charge in [0, 0.05) is 12.6 Å². The summed E-state index contributed by atoms with van der Waals surface area (Å²) >= 11 is 0. The molecule has 8 nitrogen and oxygen atoms in total. The summed E-state index contributed by atoms with van der Waals surface area (Å²) in [5, 5.41) is 20.9. The van der Waals surface area contributed by atoms with Crippen LogP contribution in [0.25, 0.3) is 0 Å². The van der Waals surface area contributed by atoms with E-state index in [9.17, 15) is 9.90 Å². The lowest BCUT2D eigenvalue weighted by molar-refractivity contribution is -0.0548. The average molecular weight is 244 g/mol. The highest BCUT2D eigenvalue weighted by molar-refractivity contribution is 5.77. The molecular weight excluding hydrogens is 228 g/mol. The minimum absolute atomic E-state index is 0.227. The molecular formula is C9H16N4O4. The van der Waals surface area contributed by atoms with Gasteiger partial charge in [0.25, 0.3) is 0 Å². The fourth-order valence-corrected chi connectivity index (χ4v) is 1.84. The Hall–Kier alpha value is -1.19. The highest BCUT2D eigenvalue weighted by Crippen LogP contribution is 2.24. The van der Waals surface area contributed by atoms with Crippen LogP contribution >= 0.6 is 0 Å². The normalized spacial score (nSPS) is 36.1. The second-order valence-electron chi connectivity index (χ2n) is 4.20. The summed E-state index contributed by atoms with van der Waals surface area (Å²) in [6, 6.07) is -0.506. The number of ether oxygens (including phenoxy) is 1. The van der Waals surface area contributed by atoms with Gasteiger partial charge in [-0.2, -0.15) is 0 Å². The number of nitrogens with two attached hydrogens (primary N) is 2. The minimum Gasteiger partial charge on any atom is -0.394 e. The lowest BCUT2D eigenvalue weighted by Gasteiger charge is -2.34. The van der Waals surface area contributed by atoms with Crippen LogP contribution in [0.2, 0.25) is 0 Å². The molecule has 3 atom stereocenters. The van der Waals surface area contributed by atoms with Crippen LogP contribution in [-0.4, -0.2) is 52.0 Å². The number of nitrogens with one attached hydrogen (secondary N) is 1. The van der Waals surface area contributed by atoms with Gasteiger partial charge in [-0.05, 0) is 6.08 Å². The second-order valence-corrected chi connectivity index (χ2v) is 4.20. The number of aliphatic hydroxyl groups excluding tert-OH is 2. The zero-order valence-electron chi connectivity index (χ0n) is 9.11. The van der Waals surface area contributed by atoms with Crippen molar-refractivity contribution < 1.29 is 19.7 Å². The van der Waals surface area contributed by atoms with Crippen LogP contribution in [-0.2, 0) is 4.74 Å². The summed E-state index contributed by atoms with van der Waals surface area (Å²) in [7, 11) is 0. The molecule has 0 aliphatic carbocycles. The molecule has 2 heterocycles. The largest absolute Gasteiger partial charge is 0.394 e. The molecule has 17 heavy (non-hydrogen) atoms. The maximum absolute atomic E-state index is 11.7. The van der Waals surface area contributed by atoms with E-state index in [1.165, 1.54) is 17.2 Å². The van der Waals surface area contributed by atoms with Gasteiger partial charge in [-0.3, -0.25) is 16.4 Å². The molecule has 2 aliphatic heterocycles. The Morgan fingerprint density at radius 2 is 2.35 bits per heavy atom. The van der Waals surface area contributed by atoms with Crippen molar-refractivity contribution >= 4 is 6.03 Å². The molecule has 0 spiro atoms. The van der Waals surface area contributed by atoms with E-state index in [0.717, 1.165) is 0 Å². The number of urea groups is 1. The fourth-order valence-electron chi connectivity index (χ4n) is 1.84. The maximum atomic E-state index is 11.7. The first-order valence-corrected chi connectivity index (χ1v) is 5.25. The zero-order chi connectivity index (χ0) is 12.6. The first-order chi connectivity index (χ1) is 7.93. The van der Waals surface area contributed by atoms with Crippen LogP contribution in [0.1, 0.15) is 6.42 Å². The van der Waals surface area contributed by atoms with Crippen LogP contribution in [0.15, 0.2) is 12.3 Å². The van der Waals surface area contributed by atoms with E-state index in [1.54, 1.807) is 0 Å². The van der Waals surface area contributed by atoms with E-state index in [1.807, 2.05) is 0 Å². The maximum Gasteiger partial charge on any atom is 0.326 e. The van der Waals surface area contributed by atoms with Crippen molar-refractivity contribution in [1.29, 1.82) is 0 Å². The first-order valence-electron chi connectivity index (χ1n) is 5.25. The Morgan fingerprint density at radius 1 is 1.65 bits per heavy atom. The molecule has 0 saturated carbocycles. The van der Waals surface area contributed by atoms with Gasteiger partial charge in [-0.25, -0.2) is 4.79 Å². The fraction of sp³-hybridized carbons (Fsp3) is 0.667. The lowest BCUT2D eigenvalue weighted by Crippen LogP contribution is -2.66. The molecule has 7 N–H and O–H groups in total. The van der Waals surface area contributed by atoms with Gasteiger partial charge in [0.2, 0.25) is 0 Å². The topological polar surface area (TPSA) is 134 Å². The molecule has 96 valence electrons. The molecule has 8 heteroatoms. The van der Waals surface area contributed by atoms with E-state index in [2.05, 4.69) is 5.32 Å². The lowest BCUT2D eigenvalue weighted by atomic mass is 10.2. The molecule has 0 aromatic heterocycles. The van der Waals surface area contributed by atoms with Crippen molar-refractivity contribution in [2.75, 3.05) is 6.61 Å². The third-order valence-corrected chi connectivity index (χ3v) is 2.76. The Kier molecular flexibility index (Phi) is 3.06. The van der Waals surface area contributed by atoms with Crippen molar-refractivity contribution in [3.63, 3.8) is 0 Å². The van der Waals surface area contributed by atoms with E-state index in [4.69, 9.17) is 21.3 Å². The SMILES string of the molecule is NC1(N)C=CN([C@H]2C[C@H](O)[C@@H](CO)O2)C(=O)N1. The average Bonchev–Trinajstić information content (AvgIpc) is 2.58. The molecule has 2 amide bonds. The number of nitrogens with zero attached hydrogens (tertiary/aromatic N) is 1. The monoisotopic (exact) mass is 244 g/mol. The number of rotatable bonds is 2. The smallest absolute Gasteiger partial charge is 0.326 e. The summed E-state index contributed by atoms with van der Waals surface area (Å²) in [5.74, 6) is -1.37. The van der Waals surface area contributed by atoms with Crippen LogP contribution in [0.3, 0.4) is 0 Å². The summed E-state index contributed by atoms with van der Waals surface area (Å²) in [5.41, 5.74) is 11.0. The van der Waals surface area contributed by atoms with Crippen molar-refractivity contribution in [1.82, 2.24) is 10.2 Å². The van der Waals surface area contributed by atoms with Gasteiger partial charge in [-0.1, -0.05) is 0 Å². The van der Waals surface area contributed by atoms with Crippen molar-refractivity contribution in [2.45, 2.75) is 30.6 Å². The Morgan fingerprint density at radius 3 is 2.88 bits per heavy atom. The van der Waals surface area contributed by atoms with Crippen LogP contribution < -0.4 is 16.8 Å². The van der Waals surface area contributed by atoms with Gasteiger partial charge in [-0.15, -0.1) is 0 Å². The quantitative estimate of drug-likeness (QED) is 0.343. The third-order valence-electron chi connectivity index (χ3n) is 2.76. The molecule has 2 aliphatic rings. The summed E-state index contributed by atoms with van der Waals surface area (Å²) in [6.45, 7) is -0.297. The number of aliphatic hydroxyl groups is 2. The van der Waals surface area contributed by atoms with Crippen molar-refractivity contribution in [3.05, 3.63) is 12.3 Å². The second kappa shape index (κ2) is 4.24. The van der Waals surface area contributed by atoms with Gasteiger partial charge >= 0.3 is 6.03 Å². The number of hydrogen-bond acceptors (Lipinski definition) is 6. The molecule has 0 radical (unpaired) electrons. The van der Waals surface area contributed by atoms with Crippen LogP contribution in [0, 0.1) is 0 Å². The Balaban J connectivity index is 2.07.